The molecule has 5 heteroatoms. The molecule has 0 aromatic carbocycles. The fraction of sp³-hybridized carbons (Fsp3) is 0.467. The van der Waals surface area contributed by atoms with E-state index in [1.807, 2.05) is 25.3 Å². The highest BCUT2D eigenvalue weighted by molar-refractivity contribution is 5.95. The molecule has 3 rings (SSSR count). The summed E-state index contributed by atoms with van der Waals surface area (Å²) >= 11 is 0. The van der Waals surface area contributed by atoms with E-state index in [1.54, 1.807) is 0 Å². The Labute approximate surface area is 117 Å². The minimum absolute atomic E-state index is 0.306. The van der Waals surface area contributed by atoms with E-state index in [0.29, 0.717) is 18.2 Å². The van der Waals surface area contributed by atoms with Crippen LogP contribution in [-0.2, 0) is 4.74 Å². The largest absolute Gasteiger partial charge is 0.461 e. The van der Waals surface area contributed by atoms with Crippen LogP contribution < -0.4 is 5.32 Å². The Morgan fingerprint density at radius 3 is 3.00 bits per heavy atom. The number of piperidine rings is 1. The number of nitrogens with zero attached hydrogens (tertiary/aromatic N) is 1. The summed E-state index contributed by atoms with van der Waals surface area (Å²) in [6.45, 7) is 4.23. The van der Waals surface area contributed by atoms with Crippen LogP contribution in [0, 0.1) is 0 Å². The lowest BCUT2D eigenvalue weighted by Crippen LogP contribution is -2.27. The van der Waals surface area contributed by atoms with Gasteiger partial charge in [-0.25, -0.2) is 4.79 Å². The second-order valence-corrected chi connectivity index (χ2v) is 5.09. The van der Waals surface area contributed by atoms with Crippen molar-refractivity contribution in [1.29, 1.82) is 0 Å². The van der Waals surface area contributed by atoms with Crippen LogP contribution in [0.5, 0.6) is 0 Å². The zero-order chi connectivity index (χ0) is 13.9. The molecule has 1 aliphatic rings. The van der Waals surface area contributed by atoms with Crippen molar-refractivity contribution in [3.8, 4) is 0 Å². The first-order valence-electron chi connectivity index (χ1n) is 7.15. The molecule has 2 aromatic heterocycles. The number of carbonyl (C=O) groups excluding carboxylic acids is 1. The molecule has 1 aliphatic heterocycles. The van der Waals surface area contributed by atoms with Gasteiger partial charge in [0.2, 0.25) is 0 Å². The van der Waals surface area contributed by atoms with Gasteiger partial charge in [0.05, 0.1) is 17.8 Å². The van der Waals surface area contributed by atoms with E-state index in [-0.39, 0.29) is 5.97 Å². The molecule has 106 valence electrons. The molecule has 2 aromatic rings. The highest BCUT2D eigenvalue weighted by Gasteiger charge is 2.21. The molecule has 0 aliphatic carbocycles. The number of aromatic amines is 1. The van der Waals surface area contributed by atoms with Crippen molar-refractivity contribution in [2.45, 2.75) is 25.7 Å². The molecule has 5 nitrogen and oxygen atoms in total. The van der Waals surface area contributed by atoms with Gasteiger partial charge in [-0.3, -0.25) is 4.98 Å². The Morgan fingerprint density at radius 2 is 2.25 bits per heavy atom. The summed E-state index contributed by atoms with van der Waals surface area (Å²) in [5.41, 5.74) is 2.55. The Kier molecular flexibility index (Phi) is 3.69. The monoisotopic (exact) mass is 273 g/mol. The first kappa shape index (κ1) is 13.1. The fourth-order valence-corrected chi connectivity index (χ4v) is 2.80. The van der Waals surface area contributed by atoms with Crippen molar-refractivity contribution in [3.63, 3.8) is 0 Å². The van der Waals surface area contributed by atoms with Crippen molar-refractivity contribution >= 4 is 16.9 Å². The Balaban J connectivity index is 1.98. The molecule has 20 heavy (non-hydrogen) atoms. The van der Waals surface area contributed by atoms with Crippen LogP contribution >= 0.6 is 0 Å². The lowest BCUT2D eigenvalue weighted by atomic mass is 9.93. The number of fused-ring (bicyclic) bond motifs is 1. The van der Waals surface area contributed by atoms with E-state index in [4.69, 9.17) is 4.74 Å². The first-order valence-corrected chi connectivity index (χ1v) is 7.15. The van der Waals surface area contributed by atoms with Gasteiger partial charge in [0.25, 0.3) is 0 Å². The fourth-order valence-electron chi connectivity index (χ4n) is 2.80. The van der Waals surface area contributed by atoms with Crippen molar-refractivity contribution < 1.29 is 9.53 Å². The maximum Gasteiger partial charge on any atom is 0.354 e. The lowest BCUT2D eigenvalue weighted by molar-refractivity contribution is 0.0520. The molecule has 0 spiro atoms. The molecular weight excluding hydrogens is 254 g/mol. The van der Waals surface area contributed by atoms with Crippen LogP contribution in [0.1, 0.15) is 41.9 Å². The van der Waals surface area contributed by atoms with Crippen LogP contribution in [0.25, 0.3) is 10.9 Å². The number of esters is 1. The summed E-state index contributed by atoms with van der Waals surface area (Å²) in [6.07, 6.45) is 3.99. The van der Waals surface area contributed by atoms with Crippen molar-refractivity contribution in [3.05, 3.63) is 29.7 Å². The summed E-state index contributed by atoms with van der Waals surface area (Å²) < 4.78 is 5.04. The molecule has 0 saturated carbocycles. The maximum atomic E-state index is 11.8. The molecule has 0 amide bonds. The molecule has 0 atom stereocenters. The predicted octanol–water partition coefficient (Wildman–Crippen LogP) is 2.21. The van der Waals surface area contributed by atoms with Crippen molar-refractivity contribution in [2.75, 3.05) is 19.7 Å². The number of hydrogen-bond acceptors (Lipinski definition) is 4. The van der Waals surface area contributed by atoms with E-state index < -0.39 is 0 Å². The number of nitrogens with one attached hydrogen (secondary N) is 2. The van der Waals surface area contributed by atoms with E-state index >= 15 is 0 Å². The third-order valence-electron chi connectivity index (χ3n) is 3.79. The third kappa shape index (κ3) is 2.41. The van der Waals surface area contributed by atoms with Gasteiger partial charge in [0.1, 0.15) is 5.69 Å². The van der Waals surface area contributed by atoms with Gasteiger partial charge in [-0.05, 0) is 45.0 Å². The van der Waals surface area contributed by atoms with Gasteiger partial charge in [0.15, 0.2) is 0 Å². The topological polar surface area (TPSA) is 67.0 Å². The van der Waals surface area contributed by atoms with Gasteiger partial charge in [-0.2, -0.15) is 0 Å². The predicted molar refractivity (Wildman–Crippen MR) is 76.9 cm³/mol. The minimum atomic E-state index is -0.306. The number of aromatic nitrogens is 2. The van der Waals surface area contributed by atoms with Gasteiger partial charge in [0, 0.05) is 17.5 Å². The van der Waals surface area contributed by atoms with E-state index in [0.717, 1.165) is 42.5 Å². The normalized spacial score (nSPS) is 16.4. The maximum absolute atomic E-state index is 11.8. The number of carbonyl (C=O) groups is 1. The number of rotatable bonds is 3. The Bertz CT molecular complexity index is 615. The van der Waals surface area contributed by atoms with Crippen molar-refractivity contribution in [2.24, 2.45) is 0 Å². The van der Waals surface area contributed by atoms with E-state index in [1.165, 1.54) is 0 Å². The number of hydrogen-bond donors (Lipinski definition) is 2. The second kappa shape index (κ2) is 5.63. The molecule has 1 saturated heterocycles. The second-order valence-electron chi connectivity index (χ2n) is 5.09. The average Bonchev–Trinajstić information content (AvgIpc) is 2.92. The van der Waals surface area contributed by atoms with E-state index in [2.05, 4.69) is 15.3 Å². The van der Waals surface area contributed by atoms with Crippen LogP contribution in [-0.4, -0.2) is 35.6 Å². The van der Waals surface area contributed by atoms with Crippen LogP contribution in [0.3, 0.4) is 0 Å². The lowest BCUT2D eigenvalue weighted by Gasteiger charge is -2.22. The first-order chi connectivity index (χ1) is 9.79. The quantitative estimate of drug-likeness (QED) is 0.841. The summed E-state index contributed by atoms with van der Waals surface area (Å²) in [5.74, 6) is 0.147. The molecular formula is C15H19N3O2. The minimum Gasteiger partial charge on any atom is -0.461 e. The van der Waals surface area contributed by atoms with Gasteiger partial charge >= 0.3 is 5.97 Å². The third-order valence-corrected chi connectivity index (χ3v) is 3.79. The van der Waals surface area contributed by atoms with Gasteiger partial charge in [-0.15, -0.1) is 0 Å². The Hall–Kier alpha value is -1.88. The van der Waals surface area contributed by atoms with Crippen LogP contribution in [0.2, 0.25) is 0 Å². The zero-order valence-electron chi connectivity index (χ0n) is 11.6. The molecule has 0 unspecified atom stereocenters. The summed E-state index contributed by atoms with van der Waals surface area (Å²) in [7, 11) is 0. The summed E-state index contributed by atoms with van der Waals surface area (Å²) in [6, 6.07) is 3.78. The average molecular weight is 273 g/mol. The molecule has 3 heterocycles. The van der Waals surface area contributed by atoms with E-state index in [9.17, 15) is 4.79 Å². The molecule has 2 N–H and O–H groups in total. The Morgan fingerprint density at radius 1 is 1.45 bits per heavy atom. The zero-order valence-corrected chi connectivity index (χ0v) is 11.6. The molecule has 0 radical (unpaired) electrons. The SMILES string of the molecule is CCOC(=O)c1cc2ccnc(C3CCNCC3)c2[nH]1. The molecule has 0 bridgehead atoms. The van der Waals surface area contributed by atoms with Crippen LogP contribution in [0.4, 0.5) is 0 Å². The number of ether oxygens (including phenoxy) is 1. The van der Waals surface area contributed by atoms with Crippen LogP contribution in [0.15, 0.2) is 18.3 Å². The van der Waals surface area contributed by atoms with Crippen molar-refractivity contribution in [1.82, 2.24) is 15.3 Å². The highest BCUT2D eigenvalue weighted by Crippen LogP contribution is 2.29. The molecule has 1 fully saturated rings. The number of H-pyrrole nitrogens is 1. The summed E-state index contributed by atoms with van der Waals surface area (Å²) in [5, 5.41) is 4.39. The number of pyridine rings is 1. The smallest absolute Gasteiger partial charge is 0.354 e. The van der Waals surface area contributed by atoms with Gasteiger partial charge in [-0.1, -0.05) is 0 Å². The highest BCUT2D eigenvalue weighted by atomic mass is 16.5. The standard InChI is InChI=1S/C15H19N3O2/c1-2-20-15(19)12-9-11-5-8-17-13(14(11)18-12)10-3-6-16-7-4-10/h5,8-10,16,18H,2-4,6-7H2,1H3. The summed E-state index contributed by atoms with van der Waals surface area (Å²) in [4.78, 5) is 19.5. The van der Waals surface area contributed by atoms with Gasteiger partial charge < -0.3 is 15.0 Å².